The van der Waals surface area contributed by atoms with Crippen LogP contribution in [-0.4, -0.2) is 29.2 Å². The molecule has 0 aliphatic carbocycles. The smallest absolute Gasteiger partial charge is 0.0992 e. The first-order valence-electron chi connectivity index (χ1n) is 5.28. The second kappa shape index (κ2) is 4.84. The van der Waals surface area contributed by atoms with Crippen LogP contribution < -0.4 is 0 Å². The second-order valence-electron chi connectivity index (χ2n) is 4.10. The van der Waals surface area contributed by atoms with Crippen LogP contribution in [-0.2, 0) is 6.54 Å². The summed E-state index contributed by atoms with van der Waals surface area (Å²) in [4.78, 5) is 2.16. The molecule has 0 radical (unpaired) electrons. The quantitative estimate of drug-likeness (QED) is 0.852. The third-order valence-electron chi connectivity index (χ3n) is 2.82. The SMILES string of the molecule is N#Cc1ccc(CN2CCC(O)C2)c(Cl)c1. The van der Waals surface area contributed by atoms with E-state index in [0.717, 1.165) is 25.1 Å². The predicted octanol–water partition coefficient (Wildman–Crippen LogP) is 1.78. The van der Waals surface area contributed by atoms with E-state index in [4.69, 9.17) is 16.9 Å². The van der Waals surface area contributed by atoms with Crippen LogP contribution in [0.1, 0.15) is 17.5 Å². The molecule has 1 N–H and O–H groups in total. The van der Waals surface area contributed by atoms with Gasteiger partial charge in [0.2, 0.25) is 0 Å². The highest BCUT2D eigenvalue weighted by molar-refractivity contribution is 6.31. The van der Waals surface area contributed by atoms with Gasteiger partial charge in [0, 0.05) is 24.7 Å². The predicted molar refractivity (Wildman–Crippen MR) is 62.1 cm³/mol. The number of rotatable bonds is 2. The van der Waals surface area contributed by atoms with Crippen LogP contribution in [0.15, 0.2) is 18.2 Å². The maximum Gasteiger partial charge on any atom is 0.0992 e. The fourth-order valence-corrected chi connectivity index (χ4v) is 2.18. The Morgan fingerprint density at radius 1 is 1.56 bits per heavy atom. The van der Waals surface area contributed by atoms with E-state index in [-0.39, 0.29) is 6.10 Å². The van der Waals surface area contributed by atoms with Crippen molar-refractivity contribution in [3.8, 4) is 6.07 Å². The van der Waals surface area contributed by atoms with Gasteiger partial charge in [-0.3, -0.25) is 4.90 Å². The minimum atomic E-state index is -0.211. The molecule has 0 aromatic heterocycles. The molecule has 2 rings (SSSR count). The Balaban J connectivity index is 2.08. The lowest BCUT2D eigenvalue weighted by molar-refractivity contribution is 0.175. The van der Waals surface area contributed by atoms with Crippen LogP contribution in [0.5, 0.6) is 0 Å². The van der Waals surface area contributed by atoms with E-state index in [1.165, 1.54) is 0 Å². The molecule has 1 unspecified atom stereocenters. The molecule has 1 aromatic rings. The zero-order valence-electron chi connectivity index (χ0n) is 8.86. The summed E-state index contributed by atoms with van der Waals surface area (Å²) in [6.07, 6.45) is 0.616. The Labute approximate surface area is 99.9 Å². The Hall–Kier alpha value is -1.08. The number of nitriles is 1. The van der Waals surface area contributed by atoms with Gasteiger partial charge in [0.25, 0.3) is 0 Å². The summed E-state index contributed by atoms with van der Waals surface area (Å²) in [6.45, 7) is 2.34. The Morgan fingerprint density at radius 2 is 2.38 bits per heavy atom. The average molecular weight is 237 g/mol. The van der Waals surface area contributed by atoms with E-state index in [0.29, 0.717) is 17.1 Å². The van der Waals surface area contributed by atoms with E-state index in [9.17, 15) is 5.11 Å². The molecule has 84 valence electrons. The molecule has 1 aromatic carbocycles. The molecular weight excluding hydrogens is 224 g/mol. The molecule has 1 heterocycles. The largest absolute Gasteiger partial charge is 0.392 e. The first-order valence-corrected chi connectivity index (χ1v) is 5.66. The van der Waals surface area contributed by atoms with Crippen LogP contribution in [0.4, 0.5) is 0 Å². The van der Waals surface area contributed by atoms with Crippen LogP contribution in [0.2, 0.25) is 5.02 Å². The average Bonchev–Trinajstić information content (AvgIpc) is 2.67. The van der Waals surface area contributed by atoms with E-state index in [1.54, 1.807) is 12.1 Å². The van der Waals surface area contributed by atoms with Crippen LogP contribution >= 0.6 is 11.6 Å². The third kappa shape index (κ3) is 2.53. The summed E-state index contributed by atoms with van der Waals surface area (Å²) in [5, 5.41) is 18.8. The van der Waals surface area contributed by atoms with Crippen molar-refractivity contribution >= 4 is 11.6 Å². The van der Waals surface area contributed by atoms with Crippen molar-refractivity contribution in [1.29, 1.82) is 5.26 Å². The lowest BCUT2D eigenvalue weighted by Gasteiger charge is -2.15. The normalized spacial score (nSPS) is 20.9. The highest BCUT2D eigenvalue weighted by Gasteiger charge is 2.20. The van der Waals surface area contributed by atoms with Gasteiger partial charge in [-0.05, 0) is 24.1 Å². The first kappa shape index (κ1) is 11.4. The van der Waals surface area contributed by atoms with E-state index >= 15 is 0 Å². The lowest BCUT2D eigenvalue weighted by atomic mass is 10.1. The van der Waals surface area contributed by atoms with E-state index in [1.807, 2.05) is 6.07 Å². The highest BCUT2D eigenvalue weighted by Crippen LogP contribution is 2.21. The molecule has 4 heteroatoms. The van der Waals surface area contributed by atoms with Crippen molar-refractivity contribution in [3.05, 3.63) is 34.3 Å². The van der Waals surface area contributed by atoms with Crippen molar-refractivity contribution in [1.82, 2.24) is 4.90 Å². The van der Waals surface area contributed by atoms with Crippen molar-refractivity contribution in [3.63, 3.8) is 0 Å². The van der Waals surface area contributed by atoms with Gasteiger partial charge in [0.05, 0.1) is 17.7 Å². The van der Waals surface area contributed by atoms with Crippen LogP contribution in [0.25, 0.3) is 0 Å². The number of aliphatic hydroxyl groups is 1. The molecule has 0 saturated carbocycles. The highest BCUT2D eigenvalue weighted by atomic mass is 35.5. The lowest BCUT2D eigenvalue weighted by Crippen LogP contribution is -2.21. The van der Waals surface area contributed by atoms with Crippen LogP contribution in [0.3, 0.4) is 0 Å². The molecule has 1 atom stereocenters. The number of β-amino-alcohol motifs (C(OH)–C–C–N with tert-alkyl or cyclic N) is 1. The minimum Gasteiger partial charge on any atom is -0.392 e. The van der Waals surface area contributed by atoms with Gasteiger partial charge in [0.1, 0.15) is 0 Å². The van der Waals surface area contributed by atoms with Gasteiger partial charge in [-0.2, -0.15) is 5.26 Å². The maximum absolute atomic E-state index is 9.41. The van der Waals surface area contributed by atoms with Gasteiger partial charge in [-0.1, -0.05) is 17.7 Å². The molecule has 1 saturated heterocycles. The molecule has 1 fully saturated rings. The van der Waals surface area contributed by atoms with Gasteiger partial charge in [0.15, 0.2) is 0 Å². The van der Waals surface area contributed by atoms with Gasteiger partial charge in [-0.15, -0.1) is 0 Å². The Kier molecular flexibility index (Phi) is 3.45. The summed E-state index contributed by atoms with van der Waals surface area (Å²) in [5.74, 6) is 0. The Morgan fingerprint density at radius 3 is 2.94 bits per heavy atom. The van der Waals surface area contributed by atoms with E-state index < -0.39 is 0 Å². The van der Waals surface area contributed by atoms with E-state index in [2.05, 4.69) is 11.0 Å². The number of nitrogens with zero attached hydrogens (tertiary/aromatic N) is 2. The van der Waals surface area contributed by atoms with Crippen molar-refractivity contribution in [2.75, 3.05) is 13.1 Å². The molecule has 1 aliphatic rings. The topological polar surface area (TPSA) is 47.3 Å². The van der Waals surface area contributed by atoms with Gasteiger partial charge < -0.3 is 5.11 Å². The second-order valence-corrected chi connectivity index (χ2v) is 4.50. The number of hydrogen-bond acceptors (Lipinski definition) is 3. The molecule has 3 nitrogen and oxygen atoms in total. The summed E-state index contributed by atoms with van der Waals surface area (Å²) < 4.78 is 0. The zero-order chi connectivity index (χ0) is 11.5. The van der Waals surface area contributed by atoms with Gasteiger partial charge >= 0.3 is 0 Å². The summed E-state index contributed by atoms with van der Waals surface area (Å²) in [5.41, 5.74) is 1.59. The summed E-state index contributed by atoms with van der Waals surface area (Å²) in [7, 11) is 0. The molecule has 0 bridgehead atoms. The monoisotopic (exact) mass is 236 g/mol. The van der Waals surface area contributed by atoms with Crippen molar-refractivity contribution in [2.45, 2.75) is 19.1 Å². The standard InChI is InChI=1S/C12H13ClN2O/c13-12-5-9(6-14)1-2-10(12)7-15-4-3-11(16)8-15/h1-2,5,11,16H,3-4,7-8H2. The molecule has 0 spiro atoms. The summed E-state index contributed by atoms with van der Waals surface area (Å²) in [6, 6.07) is 7.39. The molecule has 16 heavy (non-hydrogen) atoms. The fourth-order valence-electron chi connectivity index (χ4n) is 1.94. The van der Waals surface area contributed by atoms with Crippen molar-refractivity contribution in [2.24, 2.45) is 0 Å². The zero-order valence-corrected chi connectivity index (χ0v) is 9.61. The molecular formula is C12H13ClN2O. The van der Waals surface area contributed by atoms with Crippen molar-refractivity contribution < 1.29 is 5.11 Å². The van der Waals surface area contributed by atoms with Crippen LogP contribution in [0, 0.1) is 11.3 Å². The number of benzene rings is 1. The molecule has 0 amide bonds. The minimum absolute atomic E-state index is 0.211. The number of halogens is 1. The number of aliphatic hydroxyl groups excluding tert-OH is 1. The summed E-state index contributed by atoms with van der Waals surface area (Å²) >= 11 is 6.08. The third-order valence-corrected chi connectivity index (χ3v) is 3.18. The Bertz CT molecular complexity index is 428. The number of likely N-dealkylation sites (tertiary alicyclic amines) is 1. The number of hydrogen-bond donors (Lipinski definition) is 1. The fraction of sp³-hybridized carbons (Fsp3) is 0.417. The first-order chi connectivity index (χ1) is 7.69. The molecule has 1 aliphatic heterocycles. The van der Waals surface area contributed by atoms with Gasteiger partial charge in [-0.25, -0.2) is 0 Å². The maximum atomic E-state index is 9.41.